The molecular formula is C20H26N2O6. The maximum Gasteiger partial charge on any atom is 0.338 e. The highest BCUT2D eigenvalue weighted by Gasteiger charge is 2.35. The lowest BCUT2D eigenvalue weighted by Gasteiger charge is -2.17. The van der Waals surface area contributed by atoms with E-state index in [-0.39, 0.29) is 35.2 Å². The van der Waals surface area contributed by atoms with Crippen LogP contribution >= 0.6 is 0 Å². The number of carbonyl (C=O) groups is 4. The van der Waals surface area contributed by atoms with E-state index in [1.54, 1.807) is 7.11 Å². The van der Waals surface area contributed by atoms with Crippen LogP contribution in [0.25, 0.3) is 0 Å². The number of nitrogens with one attached hydrogen (secondary N) is 1. The zero-order chi connectivity index (χ0) is 20.8. The van der Waals surface area contributed by atoms with Crippen molar-refractivity contribution in [3.05, 3.63) is 34.9 Å². The molecule has 0 aromatic heterocycles. The topological polar surface area (TPSA) is 102 Å². The van der Waals surface area contributed by atoms with E-state index in [4.69, 9.17) is 9.47 Å². The second kappa shape index (κ2) is 9.45. The molecule has 1 aromatic rings. The van der Waals surface area contributed by atoms with E-state index in [9.17, 15) is 19.2 Å². The predicted molar refractivity (Wildman–Crippen MR) is 101 cm³/mol. The molecular weight excluding hydrogens is 364 g/mol. The number of ether oxygens (including phenoxy) is 2. The van der Waals surface area contributed by atoms with Crippen molar-refractivity contribution in [1.29, 1.82) is 0 Å². The molecule has 1 aromatic carbocycles. The number of esters is 1. The fraction of sp³-hybridized carbons (Fsp3) is 0.500. The second-order valence-corrected chi connectivity index (χ2v) is 7.04. The third-order valence-electron chi connectivity index (χ3n) is 4.66. The Hall–Kier alpha value is -2.74. The minimum absolute atomic E-state index is 0.0427. The Morgan fingerprint density at radius 1 is 1.11 bits per heavy atom. The molecule has 8 heteroatoms. The molecule has 0 saturated heterocycles. The lowest BCUT2D eigenvalue weighted by molar-refractivity contribution is -0.125. The summed E-state index contributed by atoms with van der Waals surface area (Å²) in [6.07, 6.45) is 0.529. The molecule has 28 heavy (non-hydrogen) atoms. The fourth-order valence-electron chi connectivity index (χ4n) is 2.66. The van der Waals surface area contributed by atoms with Crippen molar-refractivity contribution in [3.8, 4) is 0 Å². The zero-order valence-corrected chi connectivity index (χ0v) is 16.6. The summed E-state index contributed by atoms with van der Waals surface area (Å²) >= 11 is 0. The van der Waals surface area contributed by atoms with E-state index in [0.29, 0.717) is 13.0 Å². The average Bonchev–Trinajstić information content (AvgIpc) is 2.90. The van der Waals surface area contributed by atoms with Gasteiger partial charge in [0.2, 0.25) is 0 Å². The quantitative estimate of drug-likeness (QED) is 0.391. The molecule has 1 aliphatic rings. The Kier molecular flexibility index (Phi) is 7.28. The van der Waals surface area contributed by atoms with Crippen LogP contribution in [0.15, 0.2) is 18.2 Å². The highest BCUT2D eigenvalue weighted by molar-refractivity contribution is 6.21. The number of benzene rings is 1. The normalized spacial score (nSPS) is 14.2. The van der Waals surface area contributed by atoms with Crippen molar-refractivity contribution in [2.24, 2.45) is 5.92 Å². The first-order valence-corrected chi connectivity index (χ1v) is 9.22. The molecule has 0 radical (unpaired) electrons. The Morgan fingerprint density at radius 2 is 1.79 bits per heavy atom. The molecule has 8 nitrogen and oxygen atoms in total. The van der Waals surface area contributed by atoms with Crippen LogP contribution in [0.1, 0.15) is 58.3 Å². The highest BCUT2D eigenvalue weighted by Crippen LogP contribution is 2.24. The summed E-state index contributed by atoms with van der Waals surface area (Å²) in [7, 11) is 1.55. The van der Waals surface area contributed by atoms with Gasteiger partial charge >= 0.3 is 5.97 Å². The van der Waals surface area contributed by atoms with E-state index >= 15 is 0 Å². The molecule has 1 heterocycles. The van der Waals surface area contributed by atoms with Crippen LogP contribution in [0.3, 0.4) is 0 Å². The lowest BCUT2D eigenvalue weighted by Crippen LogP contribution is -2.38. The van der Waals surface area contributed by atoms with Gasteiger partial charge in [-0.25, -0.2) is 4.79 Å². The van der Waals surface area contributed by atoms with Gasteiger partial charge in [-0.3, -0.25) is 19.3 Å². The van der Waals surface area contributed by atoms with Gasteiger partial charge in [-0.05, 0) is 37.5 Å². The molecule has 3 amide bonds. The molecule has 1 aliphatic heterocycles. The number of fused-ring (bicyclic) bond motifs is 1. The van der Waals surface area contributed by atoms with Gasteiger partial charge in [-0.1, -0.05) is 13.8 Å². The number of hydrogen-bond donors (Lipinski definition) is 1. The fourth-order valence-corrected chi connectivity index (χ4v) is 2.66. The molecule has 0 unspecified atom stereocenters. The summed E-state index contributed by atoms with van der Waals surface area (Å²) < 4.78 is 9.96. The van der Waals surface area contributed by atoms with Crippen LogP contribution in [0.2, 0.25) is 0 Å². The number of amides is 3. The summed E-state index contributed by atoms with van der Waals surface area (Å²) in [5.74, 6) is -1.71. The first-order chi connectivity index (χ1) is 13.3. The summed E-state index contributed by atoms with van der Waals surface area (Å²) in [6.45, 7) is 6.07. The number of imide groups is 1. The Morgan fingerprint density at radius 3 is 2.43 bits per heavy atom. The Balaban J connectivity index is 2.00. The van der Waals surface area contributed by atoms with Crippen molar-refractivity contribution < 1.29 is 28.7 Å². The second-order valence-electron chi connectivity index (χ2n) is 7.04. The van der Waals surface area contributed by atoms with Gasteiger partial charge in [0.05, 0.1) is 16.7 Å². The maximum absolute atomic E-state index is 12.5. The summed E-state index contributed by atoms with van der Waals surface area (Å²) in [6, 6.07) is 4.14. The third-order valence-corrected chi connectivity index (χ3v) is 4.66. The van der Waals surface area contributed by atoms with Crippen LogP contribution in [0.5, 0.6) is 0 Å². The zero-order valence-electron chi connectivity index (χ0n) is 16.6. The highest BCUT2D eigenvalue weighted by atomic mass is 16.5. The van der Waals surface area contributed by atoms with Gasteiger partial charge in [0.1, 0.15) is 0 Å². The van der Waals surface area contributed by atoms with Gasteiger partial charge in [0.25, 0.3) is 17.7 Å². The molecule has 2 rings (SSSR count). The van der Waals surface area contributed by atoms with E-state index < -0.39 is 30.3 Å². The molecule has 0 bridgehead atoms. The van der Waals surface area contributed by atoms with Gasteiger partial charge in [0, 0.05) is 26.3 Å². The van der Waals surface area contributed by atoms with Crippen LogP contribution < -0.4 is 5.32 Å². The SMILES string of the molecule is COCCCN1C(=O)c2ccc(C(=O)OCC(=O)N[C@@H](C)C(C)C)cc2C1=O. The third kappa shape index (κ3) is 4.95. The lowest BCUT2D eigenvalue weighted by atomic mass is 10.1. The predicted octanol–water partition coefficient (Wildman–Crippen LogP) is 1.64. The first-order valence-electron chi connectivity index (χ1n) is 9.22. The van der Waals surface area contributed by atoms with Gasteiger partial charge in [0.15, 0.2) is 6.61 Å². The molecule has 0 aliphatic carbocycles. The molecule has 152 valence electrons. The van der Waals surface area contributed by atoms with Crippen molar-refractivity contribution in [1.82, 2.24) is 10.2 Å². The minimum atomic E-state index is -0.728. The van der Waals surface area contributed by atoms with E-state index in [1.165, 1.54) is 18.2 Å². The Bertz CT molecular complexity index is 774. The summed E-state index contributed by atoms with van der Waals surface area (Å²) in [4.78, 5) is 50.0. The number of nitrogens with zero attached hydrogens (tertiary/aromatic N) is 1. The largest absolute Gasteiger partial charge is 0.452 e. The molecule has 0 spiro atoms. The van der Waals surface area contributed by atoms with Crippen molar-refractivity contribution in [2.45, 2.75) is 33.2 Å². The van der Waals surface area contributed by atoms with Crippen LogP contribution in [-0.2, 0) is 14.3 Å². The number of hydrogen-bond acceptors (Lipinski definition) is 6. The first kappa shape index (κ1) is 21.6. The van der Waals surface area contributed by atoms with Gasteiger partial charge < -0.3 is 14.8 Å². The molecule has 0 fully saturated rings. The van der Waals surface area contributed by atoms with Crippen molar-refractivity contribution >= 4 is 23.7 Å². The van der Waals surface area contributed by atoms with Gasteiger partial charge in [-0.2, -0.15) is 0 Å². The monoisotopic (exact) mass is 390 g/mol. The molecule has 1 N–H and O–H groups in total. The van der Waals surface area contributed by atoms with E-state index in [1.807, 2.05) is 20.8 Å². The summed E-state index contributed by atoms with van der Waals surface area (Å²) in [5.41, 5.74) is 0.528. The van der Waals surface area contributed by atoms with Crippen LogP contribution in [0.4, 0.5) is 0 Å². The van der Waals surface area contributed by atoms with Crippen LogP contribution in [-0.4, -0.2) is 61.5 Å². The molecule has 1 atom stereocenters. The molecule has 0 saturated carbocycles. The van der Waals surface area contributed by atoms with Gasteiger partial charge in [-0.15, -0.1) is 0 Å². The Labute approximate surface area is 164 Å². The van der Waals surface area contributed by atoms with Crippen molar-refractivity contribution in [2.75, 3.05) is 26.9 Å². The minimum Gasteiger partial charge on any atom is -0.452 e. The number of carbonyl (C=O) groups excluding carboxylic acids is 4. The smallest absolute Gasteiger partial charge is 0.338 e. The number of rotatable bonds is 9. The van der Waals surface area contributed by atoms with Crippen molar-refractivity contribution in [3.63, 3.8) is 0 Å². The van der Waals surface area contributed by atoms with E-state index in [0.717, 1.165) is 4.90 Å². The average molecular weight is 390 g/mol. The van der Waals surface area contributed by atoms with Crippen LogP contribution in [0, 0.1) is 5.92 Å². The van der Waals surface area contributed by atoms with E-state index in [2.05, 4.69) is 5.32 Å². The number of methoxy groups -OCH3 is 1. The summed E-state index contributed by atoms with van der Waals surface area (Å²) in [5, 5.41) is 2.74. The maximum atomic E-state index is 12.5. The standard InChI is InChI=1S/C20H26N2O6/c1-12(2)13(3)21-17(23)11-28-20(26)14-6-7-15-16(10-14)19(25)22(18(15)24)8-5-9-27-4/h6-7,10,12-13H,5,8-9,11H2,1-4H3,(H,21,23)/t13-/m0/s1.